The normalized spacial score (nSPS) is 16.6. The molecule has 0 N–H and O–H groups in total. The van der Waals surface area contributed by atoms with E-state index in [1.165, 1.54) is 0 Å². The van der Waals surface area contributed by atoms with Crippen LogP contribution in [0.25, 0.3) is 76.9 Å². The van der Waals surface area contributed by atoms with Crippen LogP contribution in [0.1, 0.15) is 19.2 Å². The minimum Gasteiger partial charge on any atom is -0.456 e. The van der Waals surface area contributed by atoms with Gasteiger partial charge in [0.1, 0.15) is 11.2 Å². The van der Waals surface area contributed by atoms with Crippen LogP contribution in [0.2, 0.25) is 0 Å². The van der Waals surface area contributed by atoms with Crippen molar-refractivity contribution in [3.63, 3.8) is 0 Å². The van der Waals surface area contributed by atoms with E-state index in [1.807, 2.05) is 0 Å². The molecule has 8 rings (SSSR count). The zero-order valence-electron chi connectivity index (χ0n) is 34.2. The van der Waals surface area contributed by atoms with E-state index >= 15 is 0 Å². The van der Waals surface area contributed by atoms with Crippen molar-refractivity contribution in [1.82, 2.24) is 0 Å². The number of benzene rings is 7. The molecule has 1 heteroatoms. The van der Waals surface area contributed by atoms with Crippen molar-refractivity contribution in [1.29, 1.82) is 0 Å². The highest BCUT2D eigenvalue weighted by atomic mass is 16.3. The van der Waals surface area contributed by atoms with Gasteiger partial charge >= 0.3 is 0 Å². The molecule has 0 saturated heterocycles. The monoisotopic (exact) mass is 510 g/mol. The van der Waals surface area contributed by atoms with Gasteiger partial charge in [0.05, 0.1) is 19.2 Å². The van der Waals surface area contributed by atoms with E-state index in [9.17, 15) is 5.48 Å². The fourth-order valence-electron chi connectivity index (χ4n) is 5.05. The van der Waals surface area contributed by atoms with Crippen molar-refractivity contribution < 1.29 is 23.6 Å². The standard InChI is InChI=1S/C38H24O/c1-3-11-25(12-4-1)37-31-16-7-8-17-32(31)38(26-13-5-2-6-14-26)34-23-27(20-22-33(34)37)28-19-21-30-29-15-9-10-18-35(29)39-36(30)24-28/h1-24H/i7D,8D,9D,10D,15D,16D,17D,18D,19D,20D,21D,22D,23D,24D. The average molecular weight is 511 g/mol. The molecule has 1 nitrogen and oxygen atoms in total. The van der Waals surface area contributed by atoms with Crippen LogP contribution in [0.4, 0.5) is 0 Å². The first-order valence-electron chi connectivity index (χ1n) is 19.2. The largest absolute Gasteiger partial charge is 0.456 e. The SMILES string of the molecule is [2H]c1c([2H])c([2H])c2c(oc3c([2H])c(-c4c([2H])c([2H])c5c(-c6ccccc6)c6c([2H])c([2H])c([2H])c([2H])c6c(-c6ccccc6)c5c4[2H])c([2H])c([2H])c32)c1[2H]. The maximum atomic E-state index is 9.80. The summed E-state index contributed by atoms with van der Waals surface area (Å²) < 4.78 is 131. The minimum absolute atomic E-state index is 0.0261. The molecule has 0 saturated carbocycles. The third-order valence-electron chi connectivity index (χ3n) is 6.76. The lowest BCUT2D eigenvalue weighted by atomic mass is 9.85. The molecular formula is C38H24O. The van der Waals surface area contributed by atoms with Gasteiger partial charge in [-0.15, -0.1) is 0 Å². The van der Waals surface area contributed by atoms with E-state index in [4.69, 9.17) is 18.1 Å². The third-order valence-corrected chi connectivity index (χ3v) is 6.76. The summed E-state index contributed by atoms with van der Waals surface area (Å²) in [5.41, 5.74) is -0.156. The van der Waals surface area contributed by atoms with Gasteiger partial charge in [-0.2, -0.15) is 0 Å². The van der Waals surface area contributed by atoms with Crippen molar-refractivity contribution in [2.24, 2.45) is 0 Å². The van der Waals surface area contributed by atoms with Crippen LogP contribution in [0.5, 0.6) is 0 Å². The summed E-state index contributed by atoms with van der Waals surface area (Å²) in [5, 5.41) is -0.148. The van der Waals surface area contributed by atoms with E-state index in [0.717, 1.165) is 0 Å². The van der Waals surface area contributed by atoms with E-state index in [1.54, 1.807) is 60.7 Å². The second-order valence-corrected chi connectivity index (χ2v) is 8.99. The van der Waals surface area contributed by atoms with Gasteiger partial charge in [0, 0.05) is 10.8 Å². The van der Waals surface area contributed by atoms with Crippen LogP contribution in [-0.2, 0) is 0 Å². The Kier molecular flexibility index (Phi) is 2.72. The molecule has 182 valence electrons. The fraction of sp³-hybridized carbons (Fsp3) is 0. The highest BCUT2D eigenvalue weighted by Gasteiger charge is 2.17. The zero-order valence-corrected chi connectivity index (χ0v) is 20.2. The van der Waals surface area contributed by atoms with Gasteiger partial charge < -0.3 is 4.42 Å². The molecule has 0 unspecified atom stereocenters. The molecule has 1 aromatic heterocycles. The van der Waals surface area contributed by atoms with Crippen molar-refractivity contribution in [2.75, 3.05) is 0 Å². The molecule has 0 amide bonds. The number of furan rings is 1. The van der Waals surface area contributed by atoms with Crippen LogP contribution >= 0.6 is 0 Å². The Morgan fingerprint density at radius 2 is 0.872 bits per heavy atom. The Balaban J connectivity index is 1.65. The van der Waals surface area contributed by atoms with Crippen LogP contribution in [-0.4, -0.2) is 0 Å². The van der Waals surface area contributed by atoms with Crippen molar-refractivity contribution in [2.45, 2.75) is 0 Å². The molecule has 0 bridgehead atoms. The maximum Gasteiger partial charge on any atom is 0.136 e. The van der Waals surface area contributed by atoms with Crippen LogP contribution in [0.15, 0.2) is 150 Å². The number of rotatable bonds is 3. The van der Waals surface area contributed by atoms with Crippen molar-refractivity contribution in [3.8, 4) is 33.4 Å². The third kappa shape index (κ3) is 3.48. The summed E-state index contributed by atoms with van der Waals surface area (Å²) in [4.78, 5) is 0. The molecule has 1 heterocycles. The van der Waals surface area contributed by atoms with E-state index < -0.39 is 78.1 Å². The van der Waals surface area contributed by atoms with Gasteiger partial charge in [-0.25, -0.2) is 0 Å². The number of hydrogen-bond acceptors (Lipinski definition) is 1. The van der Waals surface area contributed by atoms with Gasteiger partial charge in [-0.1, -0.05) is 121 Å². The molecule has 0 spiro atoms. The van der Waals surface area contributed by atoms with E-state index in [0.29, 0.717) is 11.1 Å². The first-order valence-corrected chi connectivity index (χ1v) is 12.2. The lowest BCUT2D eigenvalue weighted by Gasteiger charge is -2.18. The van der Waals surface area contributed by atoms with Crippen LogP contribution in [0, 0.1) is 0 Å². The van der Waals surface area contributed by atoms with Gasteiger partial charge in [-0.05, 0) is 79.1 Å². The predicted molar refractivity (Wildman–Crippen MR) is 165 cm³/mol. The Morgan fingerprint density at radius 3 is 1.54 bits per heavy atom. The summed E-state index contributed by atoms with van der Waals surface area (Å²) >= 11 is 0. The topological polar surface area (TPSA) is 13.1 Å². The smallest absolute Gasteiger partial charge is 0.136 e. The number of hydrogen-bond donors (Lipinski definition) is 0. The van der Waals surface area contributed by atoms with E-state index in [2.05, 4.69) is 0 Å². The first kappa shape index (κ1) is 12.1. The molecule has 7 aromatic carbocycles. The highest BCUT2D eigenvalue weighted by Crippen LogP contribution is 2.45. The Labute approximate surface area is 246 Å². The molecular weight excluding hydrogens is 472 g/mol. The number of para-hydroxylation sites is 1. The molecule has 0 aliphatic heterocycles. The first-order chi connectivity index (χ1) is 25.2. The highest BCUT2D eigenvalue weighted by molar-refractivity contribution is 6.22. The summed E-state index contributed by atoms with van der Waals surface area (Å²) in [7, 11) is 0. The summed E-state index contributed by atoms with van der Waals surface area (Å²) in [6.45, 7) is 0. The molecule has 0 aliphatic rings. The molecule has 0 atom stereocenters. The molecule has 39 heavy (non-hydrogen) atoms. The van der Waals surface area contributed by atoms with Gasteiger partial charge in [0.2, 0.25) is 0 Å². The summed E-state index contributed by atoms with van der Waals surface area (Å²) in [6.07, 6.45) is 0. The van der Waals surface area contributed by atoms with Crippen LogP contribution in [0.3, 0.4) is 0 Å². The second-order valence-electron chi connectivity index (χ2n) is 8.99. The minimum atomic E-state index is -0.634. The van der Waals surface area contributed by atoms with Gasteiger partial charge in [-0.3, -0.25) is 0 Å². The molecule has 0 radical (unpaired) electrons. The summed E-state index contributed by atoms with van der Waals surface area (Å²) in [5.74, 6) is 0. The lowest BCUT2D eigenvalue weighted by molar-refractivity contribution is 0.669. The molecule has 8 aromatic rings. The van der Waals surface area contributed by atoms with Gasteiger partial charge in [0.25, 0.3) is 0 Å². The lowest BCUT2D eigenvalue weighted by Crippen LogP contribution is -1.91. The average Bonchev–Trinajstić information content (AvgIpc) is 3.58. The number of fused-ring (bicyclic) bond motifs is 5. The van der Waals surface area contributed by atoms with Crippen molar-refractivity contribution in [3.05, 3.63) is 145 Å². The van der Waals surface area contributed by atoms with Crippen LogP contribution < -0.4 is 0 Å². The Morgan fingerprint density at radius 1 is 0.385 bits per heavy atom. The quantitative estimate of drug-likeness (QED) is 0.215. The van der Waals surface area contributed by atoms with Gasteiger partial charge in [0.15, 0.2) is 0 Å². The van der Waals surface area contributed by atoms with E-state index in [-0.39, 0.29) is 72.3 Å². The second kappa shape index (κ2) is 8.72. The summed E-state index contributed by atoms with van der Waals surface area (Å²) in [6, 6.07) is 9.93. The zero-order chi connectivity index (χ0) is 37.9. The Hall–Kier alpha value is -5.14. The molecule has 0 fully saturated rings. The fourth-order valence-corrected chi connectivity index (χ4v) is 5.05. The van der Waals surface area contributed by atoms with Crippen molar-refractivity contribution >= 4 is 43.5 Å². The maximum absolute atomic E-state index is 9.80. The Bertz CT molecular complexity index is 2920. The molecule has 0 aliphatic carbocycles. The predicted octanol–water partition coefficient (Wildman–Crippen LogP) is 10.9.